The molecule has 4 nitrogen and oxygen atoms in total. The van der Waals surface area contributed by atoms with Crippen molar-refractivity contribution in [1.29, 1.82) is 0 Å². The lowest BCUT2D eigenvalue weighted by Crippen LogP contribution is -2.42. The quantitative estimate of drug-likeness (QED) is 0.802. The average molecular weight is 266 g/mol. The van der Waals surface area contributed by atoms with Gasteiger partial charge < -0.3 is 14.5 Å². The van der Waals surface area contributed by atoms with E-state index in [1.54, 1.807) is 0 Å². The number of ether oxygens (including phenoxy) is 1. The van der Waals surface area contributed by atoms with Crippen LogP contribution in [0.1, 0.15) is 37.4 Å². The van der Waals surface area contributed by atoms with Gasteiger partial charge in [-0.3, -0.25) is 4.90 Å². The van der Waals surface area contributed by atoms with Crippen LogP contribution < -0.4 is 5.32 Å². The van der Waals surface area contributed by atoms with E-state index >= 15 is 0 Å². The van der Waals surface area contributed by atoms with Crippen LogP contribution in [0, 0.1) is 6.92 Å². The number of nitrogens with zero attached hydrogens (tertiary/aromatic N) is 1. The van der Waals surface area contributed by atoms with E-state index in [0.717, 1.165) is 57.3 Å². The van der Waals surface area contributed by atoms with Gasteiger partial charge in [0.25, 0.3) is 0 Å². The molecule has 108 valence electrons. The maximum absolute atomic E-state index is 5.87. The van der Waals surface area contributed by atoms with Crippen LogP contribution in [0.3, 0.4) is 0 Å². The van der Waals surface area contributed by atoms with Gasteiger partial charge in [-0.05, 0) is 32.9 Å². The number of hydrogen-bond donors (Lipinski definition) is 1. The molecular formula is C15H26N2O2. The molecule has 0 aromatic carbocycles. The van der Waals surface area contributed by atoms with Gasteiger partial charge in [0.15, 0.2) is 0 Å². The van der Waals surface area contributed by atoms with Crippen molar-refractivity contribution >= 4 is 0 Å². The van der Waals surface area contributed by atoms with Crippen LogP contribution in [0.25, 0.3) is 0 Å². The lowest BCUT2D eigenvalue weighted by atomic mass is 10.2. The standard InChI is InChI=1S/C15H26N2O2/c1-4-5-16-9-14-8-15(19-13(14)3)10-17-6-7-18-11-12(17)2/h8,12,16H,4-7,9-11H2,1-3H3. The monoisotopic (exact) mass is 266 g/mol. The molecular weight excluding hydrogens is 240 g/mol. The summed E-state index contributed by atoms with van der Waals surface area (Å²) in [4.78, 5) is 2.42. The van der Waals surface area contributed by atoms with E-state index in [0.29, 0.717) is 6.04 Å². The number of morpholine rings is 1. The summed E-state index contributed by atoms with van der Waals surface area (Å²) in [6, 6.07) is 2.67. The molecule has 19 heavy (non-hydrogen) atoms. The lowest BCUT2D eigenvalue weighted by Gasteiger charge is -2.32. The second-order valence-corrected chi connectivity index (χ2v) is 5.37. The zero-order chi connectivity index (χ0) is 13.7. The van der Waals surface area contributed by atoms with Gasteiger partial charge in [-0.15, -0.1) is 0 Å². The summed E-state index contributed by atoms with van der Waals surface area (Å²) in [5, 5.41) is 3.42. The molecule has 1 aliphatic heterocycles. The van der Waals surface area contributed by atoms with Gasteiger partial charge in [-0.1, -0.05) is 6.92 Å². The fourth-order valence-electron chi connectivity index (χ4n) is 2.44. The highest BCUT2D eigenvalue weighted by Crippen LogP contribution is 2.18. The highest BCUT2D eigenvalue weighted by molar-refractivity contribution is 5.20. The molecule has 0 bridgehead atoms. The smallest absolute Gasteiger partial charge is 0.118 e. The van der Waals surface area contributed by atoms with Crippen molar-refractivity contribution in [3.63, 3.8) is 0 Å². The molecule has 1 atom stereocenters. The highest BCUT2D eigenvalue weighted by Gasteiger charge is 2.20. The molecule has 1 aromatic heterocycles. The van der Waals surface area contributed by atoms with Crippen LogP contribution in [0.15, 0.2) is 10.5 Å². The van der Waals surface area contributed by atoms with Gasteiger partial charge in [0.1, 0.15) is 11.5 Å². The molecule has 1 unspecified atom stereocenters. The van der Waals surface area contributed by atoms with Crippen molar-refractivity contribution in [3.8, 4) is 0 Å². The molecule has 0 spiro atoms. The Hall–Kier alpha value is -0.840. The van der Waals surface area contributed by atoms with E-state index in [2.05, 4.69) is 37.1 Å². The molecule has 0 saturated carbocycles. The van der Waals surface area contributed by atoms with Crippen LogP contribution in [-0.4, -0.2) is 37.2 Å². The molecule has 1 aromatic rings. The third kappa shape index (κ3) is 4.06. The minimum atomic E-state index is 0.473. The Morgan fingerprint density at radius 3 is 3.05 bits per heavy atom. The van der Waals surface area contributed by atoms with Gasteiger partial charge in [0, 0.05) is 24.7 Å². The van der Waals surface area contributed by atoms with E-state index in [1.807, 2.05) is 0 Å². The Bertz CT molecular complexity index is 389. The lowest BCUT2D eigenvalue weighted by molar-refractivity contribution is -0.00717. The van der Waals surface area contributed by atoms with Crippen molar-refractivity contribution < 1.29 is 9.15 Å². The summed E-state index contributed by atoms with van der Waals surface area (Å²) in [7, 11) is 0. The van der Waals surface area contributed by atoms with Gasteiger partial charge in [0.05, 0.1) is 19.8 Å². The Kier molecular flexibility index (Phi) is 5.43. The zero-order valence-corrected chi connectivity index (χ0v) is 12.4. The number of furan rings is 1. The first-order chi connectivity index (χ1) is 9.20. The van der Waals surface area contributed by atoms with Crippen LogP contribution in [0.4, 0.5) is 0 Å². The summed E-state index contributed by atoms with van der Waals surface area (Å²) in [6.07, 6.45) is 1.16. The van der Waals surface area contributed by atoms with E-state index in [-0.39, 0.29) is 0 Å². The summed E-state index contributed by atoms with van der Waals surface area (Å²) < 4.78 is 11.3. The predicted molar refractivity (Wildman–Crippen MR) is 76.1 cm³/mol. The van der Waals surface area contributed by atoms with Crippen LogP contribution in [0.2, 0.25) is 0 Å². The fourth-order valence-corrected chi connectivity index (χ4v) is 2.44. The van der Waals surface area contributed by atoms with E-state index < -0.39 is 0 Å². The van der Waals surface area contributed by atoms with Crippen molar-refractivity contribution in [1.82, 2.24) is 10.2 Å². The van der Waals surface area contributed by atoms with E-state index in [9.17, 15) is 0 Å². The maximum Gasteiger partial charge on any atom is 0.118 e. The normalized spacial score (nSPS) is 20.9. The molecule has 2 rings (SSSR count). The topological polar surface area (TPSA) is 37.6 Å². The molecule has 1 saturated heterocycles. The molecule has 1 fully saturated rings. The average Bonchev–Trinajstić information content (AvgIpc) is 2.73. The first-order valence-electron chi connectivity index (χ1n) is 7.31. The Morgan fingerprint density at radius 2 is 2.32 bits per heavy atom. The largest absolute Gasteiger partial charge is 0.465 e. The molecule has 2 heterocycles. The minimum Gasteiger partial charge on any atom is -0.465 e. The Morgan fingerprint density at radius 1 is 1.47 bits per heavy atom. The molecule has 0 aliphatic carbocycles. The van der Waals surface area contributed by atoms with Gasteiger partial charge in [-0.25, -0.2) is 0 Å². The van der Waals surface area contributed by atoms with Gasteiger partial charge >= 0.3 is 0 Å². The van der Waals surface area contributed by atoms with Crippen LogP contribution >= 0.6 is 0 Å². The molecule has 0 radical (unpaired) electrons. The predicted octanol–water partition coefficient (Wildman–Crippen LogP) is 2.31. The number of nitrogens with one attached hydrogen (secondary N) is 1. The molecule has 1 aliphatic rings. The zero-order valence-electron chi connectivity index (χ0n) is 12.4. The van der Waals surface area contributed by atoms with E-state index in [4.69, 9.17) is 9.15 Å². The van der Waals surface area contributed by atoms with Crippen molar-refractivity contribution in [2.75, 3.05) is 26.3 Å². The first kappa shape index (κ1) is 14.6. The summed E-state index contributed by atoms with van der Waals surface area (Å²) in [5.41, 5.74) is 1.28. The second kappa shape index (κ2) is 7.08. The molecule has 0 amide bonds. The maximum atomic E-state index is 5.87. The SMILES string of the molecule is CCCNCc1cc(CN2CCOCC2C)oc1C. The van der Waals surface area contributed by atoms with Crippen LogP contribution in [-0.2, 0) is 17.8 Å². The third-order valence-electron chi connectivity index (χ3n) is 3.68. The highest BCUT2D eigenvalue weighted by atomic mass is 16.5. The summed E-state index contributed by atoms with van der Waals surface area (Å²) in [6.45, 7) is 11.9. The Balaban J connectivity index is 1.91. The van der Waals surface area contributed by atoms with Crippen molar-refractivity contribution in [3.05, 3.63) is 23.2 Å². The number of rotatable bonds is 6. The van der Waals surface area contributed by atoms with Crippen molar-refractivity contribution in [2.45, 2.75) is 46.3 Å². The van der Waals surface area contributed by atoms with Crippen LogP contribution in [0.5, 0.6) is 0 Å². The van der Waals surface area contributed by atoms with Crippen molar-refractivity contribution in [2.24, 2.45) is 0 Å². The third-order valence-corrected chi connectivity index (χ3v) is 3.68. The molecule has 4 heteroatoms. The van der Waals surface area contributed by atoms with Gasteiger partial charge in [-0.2, -0.15) is 0 Å². The number of aryl methyl sites for hydroxylation is 1. The minimum absolute atomic E-state index is 0.473. The summed E-state index contributed by atoms with van der Waals surface area (Å²) in [5.74, 6) is 2.11. The molecule has 1 N–H and O–H groups in total. The summed E-state index contributed by atoms with van der Waals surface area (Å²) >= 11 is 0. The Labute approximate surface area is 116 Å². The first-order valence-corrected chi connectivity index (χ1v) is 7.31. The number of hydrogen-bond acceptors (Lipinski definition) is 4. The second-order valence-electron chi connectivity index (χ2n) is 5.37. The fraction of sp³-hybridized carbons (Fsp3) is 0.733. The van der Waals surface area contributed by atoms with Gasteiger partial charge in [0.2, 0.25) is 0 Å². The van der Waals surface area contributed by atoms with E-state index in [1.165, 1.54) is 5.56 Å².